The molecule has 0 saturated heterocycles. The van der Waals surface area contributed by atoms with Crippen LogP contribution in [0.1, 0.15) is 30.7 Å². The summed E-state index contributed by atoms with van der Waals surface area (Å²) >= 11 is 18.7. The molecule has 0 unspecified atom stereocenters. The highest BCUT2D eigenvalue weighted by Crippen LogP contribution is 2.27. The SMILES string of the molecule is Clc1cccc(-c2c[n+](Cc3ccc(Cl)cc3Cl)c3n2CCCCC3)c1. The van der Waals surface area contributed by atoms with Crippen molar-refractivity contribution >= 4 is 34.8 Å². The molecule has 0 fully saturated rings. The molecule has 134 valence electrons. The number of halogens is 3. The molecule has 2 aromatic carbocycles. The molecule has 0 aliphatic carbocycles. The maximum Gasteiger partial charge on any atom is 0.257 e. The molecule has 0 amide bonds. The van der Waals surface area contributed by atoms with E-state index >= 15 is 0 Å². The second-order valence-corrected chi connectivity index (χ2v) is 8.05. The predicted molar refractivity (Wildman–Crippen MR) is 108 cm³/mol. The molecule has 0 N–H and O–H groups in total. The third-order valence-corrected chi connectivity index (χ3v) is 5.79. The molecule has 3 aromatic rings. The van der Waals surface area contributed by atoms with Crippen molar-refractivity contribution in [2.45, 2.75) is 38.8 Å². The van der Waals surface area contributed by atoms with Gasteiger partial charge in [0.05, 0.1) is 6.54 Å². The Morgan fingerprint density at radius 1 is 0.923 bits per heavy atom. The molecule has 0 radical (unpaired) electrons. The number of fused-ring (bicyclic) bond motifs is 1. The molecule has 26 heavy (non-hydrogen) atoms. The summed E-state index contributed by atoms with van der Waals surface area (Å²) in [5, 5.41) is 2.14. The van der Waals surface area contributed by atoms with Crippen LogP contribution in [0, 0.1) is 0 Å². The number of imidazole rings is 1. The van der Waals surface area contributed by atoms with Crippen LogP contribution < -0.4 is 4.57 Å². The van der Waals surface area contributed by atoms with Crippen LogP contribution in [0.4, 0.5) is 0 Å². The number of hydrogen-bond acceptors (Lipinski definition) is 0. The third-order valence-electron chi connectivity index (χ3n) is 4.97. The van der Waals surface area contributed by atoms with Gasteiger partial charge in [-0.2, -0.15) is 0 Å². The average Bonchev–Trinajstić information content (AvgIpc) is 2.79. The van der Waals surface area contributed by atoms with Crippen molar-refractivity contribution in [1.29, 1.82) is 0 Å². The van der Waals surface area contributed by atoms with Gasteiger partial charge in [-0.1, -0.05) is 53.0 Å². The lowest BCUT2D eigenvalue weighted by atomic mass is 10.1. The zero-order valence-corrected chi connectivity index (χ0v) is 16.7. The fraction of sp³-hybridized carbons (Fsp3) is 0.286. The maximum absolute atomic E-state index is 6.42. The van der Waals surface area contributed by atoms with Gasteiger partial charge in [0.1, 0.15) is 12.7 Å². The van der Waals surface area contributed by atoms with Crippen LogP contribution in [0.25, 0.3) is 11.3 Å². The van der Waals surface area contributed by atoms with Gasteiger partial charge in [-0.25, -0.2) is 9.13 Å². The van der Waals surface area contributed by atoms with Crippen molar-refractivity contribution in [1.82, 2.24) is 4.57 Å². The third kappa shape index (κ3) is 3.64. The smallest absolute Gasteiger partial charge is 0.229 e. The molecule has 2 heterocycles. The Balaban J connectivity index is 1.79. The van der Waals surface area contributed by atoms with Crippen LogP contribution in [-0.2, 0) is 19.5 Å². The fourth-order valence-corrected chi connectivity index (χ4v) is 4.35. The van der Waals surface area contributed by atoms with E-state index in [2.05, 4.69) is 21.4 Å². The Kier molecular flexibility index (Phi) is 5.26. The largest absolute Gasteiger partial charge is 0.257 e. The van der Waals surface area contributed by atoms with Crippen LogP contribution in [0.15, 0.2) is 48.7 Å². The van der Waals surface area contributed by atoms with Crippen molar-refractivity contribution in [3.63, 3.8) is 0 Å². The number of benzene rings is 2. The summed E-state index contributed by atoms with van der Waals surface area (Å²) < 4.78 is 4.78. The first-order valence-electron chi connectivity index (χ1n) is 8.93. The Hall–Kier alpha value is -1.48. The second kappa shape index (κ2) is 7.64. The number of hydrogen-bond donors (Lipinski definition) is 0. The van der Waals surface area contributed by atoms with Gasteiger partial charge in [0.2, 0.25) is 0 Å². The summed E-state index contributed by atoms with van der Waals surface area (Å²) in [6.45, 7) is 1.78. The number of aromatic nitrogens is 2. The van der Waals surface area contributed by atoms with Gasteiger partial charge in [0, 0.05) is 32.6 Å². The molecule has 0 atom stereocenters. The summed E-state index contributed by atoms with van der Waals surface area (Å²) in [7, 11) is 0. The van der Waals surface area contributed by atoms with E-state index < -0.39 is 0 Å². The zero-order chi connectivity index (χ0) is 18.1. The number of rotatable bonds is 3. The standard InChI is InChI=1S/C21H20Cl3N2/c22-17-6-4-5-15(11-17)20-14-25(21-7-2-1-3-10-26(20)21)13-16-8-9-18(23)12-19(16)24/h4-6,8-9,11-12,14H,1-3,7,10,13H2/q+1. The molecule has 1 aliphatic rings. The van der Waals surface area contributed by atoms with E-state index in [1.807, 2.05) is 36.4 Å². The van der Waals surface area contributed by atoms with Gasteiger partial charge < -0.3 is 0 Å². The monoisotopic (exact) mass is 405 g/mol. The van der Waals surface area contributed by atoms with Gasteiger partial charge >= 0.3 is 0 Å². The van der Waals surface area contributed by atoms with Gasteiger partial charge in [-0.15, -0.1) is 0 Å². The van der Waals surface area contributed by atoms with Crippen LogP contribution in [0.5, 0.6) is 0 Å². The molecule has 1 aliphatic heterocycles. The first-order valence-corrected chi connectivity index (χ1v) is 10.1. The first kappa shape index (κ1) is 17.9. The van der Waals surface area contributed by atoms with Gasteiger partial charge in [0.25, 0.3) is 5.82 Å². The van der Waals surface area contributed by atoms with E-state index in [4.69, 9.17) is 34.8 Å². The van der Waals surface area contributed by atoms with Gasteiger partial charge in [0.15, 0.2) is 5.69 Å². The first-order chi connectivity index (χ1) is 12.6. The molecular formula is C21H20Cl3N2+. The van der Waals surface area contributed by atoms with Crippen molar-refractivity contribution in [2.24, 2.45) is 0 Å². The summed E-state index contributed by atoms with van der Waals surface area (Å²) in [5.74, 6) is 1.35. The lowest BCUT2D eigenvalue weighted by Gasteiger charge is -2.05. The molecule has 4 rings (SSSR count). The lowest BCUT2D eigenvalue weighted by molar-refractivity contribution is -0.695. The highest BCUT2D eigenvalue weighted by Gasteiger charge is 2.26. The maximum atomic E-state index is 6.42. The summed E-state index contributed by atoms with van der Waals surface area (Å²) in [5.41, 5.74) is 3.45. The summed E-state index contributed by atoms with van der Waals surface area (Å²) in [4.78, 5) is 0. The highest BCUT2D eigenvalue weighted by atomic mass is 35.5. The normalized spacial score (nSPS) is 14.1. The minimum Gasteiger partial charge on any atom is -0.229 e. The average molecular weight is 407 g/mol. The summed E-state index contributed by atoms with van der Waals surface area (Å²) in [6.07, 6.45) is 6.99. The molecule has 0 bridgehead atoms. The van der Waals surface area contributed by atoms with Crippen molar-refractivity contribution in [2.75, 3.05) is 0 Å². The topological polar surface area (TPSA) is 8.81 Å². The summed E-state index contributed by atoms with van der Waals surface area (Å²) in [6, 6.07) is 13.8. The van der Waals surface area contributed by atoms with Gasteiger partial charge in [-0.05, 0) is 43.5 Å². The molecule has 0 spiro atoms. The predicted octanol–water partition coefficient (Wildman–Crippen LogP) is 6.18. The van der Waals surface area contributed by atoms with Crippen molar-refractivity contribution < 1.29 is 4.57 Å². The quantitative estimate of drug-likeness (QED) is 0.459. The Morgan fingerprint density at radius 3 is 2.58 bits per heavy atom. The zero-order valence-electron chi connectivity index (χ0n) is 14.4. The van der Waals surface area contributed by atoms with Crippen LogP contribution in [-0.4, -0.2) is 4.57 Å². The second-order valence-electron chi connectivity index (χ2n) is 6.77. The van der Waals surface area contributed by atoms with E-state index in [1.54, 1.807) is 0 Å². The highest BCUT2D eigenvalue weighted by molar-refractivity contribution is 6.35. The molecule has 5 heteroatoms. The fourth-order valence-electron chi connectivity index (χ4n) is 3.69. The van der Waals surface area contributed by atoms with E-state index in [-0.39, 0.29) is 0 Å². The van der Waals surface area contributed by atoms with Crippen molar-refractivity contribution in [3.05, 3.63) is 75.1 Å². The van der Waals surface area contributed by atoms with E-state index in [0.717, 1.165) is 35.7 Å². The van der Waals surface area contributed by atoms with Crippen molar-refractivity contribution in [3.8, 4) is 11.3 Å². The van der Waals surface area contributed by atoms with Crippen LogP contribution in [0.2, 0.25) is 15.1 Å². The number of nitrogens with zero attached hydrogens (tertiary/aromatic N) is 2. The Morgan fingerprint density at radius 2 is 1.77 bits per heavy atom. The Bertz CT molecular complexity index is 946. The van der Waals surface area contributed by atoms with E-state index in [0.29, 0.717) is 10.0 Å². The van der Waals surface area contributed by atoms with Crippen LogP contribution >= 0.6 is 34.8 Å². The molecule has 1 aromatic heterocycles. The Labute approximate surface area is 168 Å². The molecular weight excluding hydrogens is 387 g/mol. The minimum atomic E-state index is 0.666. The van der Waals surface area contributed by atoms with E-state index in [1.165, 1.54) is 30.8 Å². The minimum absolute atomic E-state index is 0.666. The molecule has 0 saturated carbocycles. The van der Waals surface area contributed by atoms with Gasteiger partial charge in [-0.3, -0.25) is 0 Å². The van der Waals surface area contributed by atoms with Crippen LogP contribution in [0.3, 0.4) is 0 Å². The van der Waals surface area contributed by atoms with E-state index in [9.17, 15) is 0 Å². The molecule has 2 nitrogen and oxygen atoms in total. The lowest BCUT2D eigenvalue weighted by Crippen LogP contribution is -2.37.